The SMILES string of the molecule is C=Cc1ccc2c(c1)C1(C=C2[OH2+])CC(C)(O)c2ccc(C=C)cc21. The van der Waals surface area contributed by atoms with Gasteiger partial charge in [0.15, 0.2) is 0 Å². The van der Waals surface area contributed by atoms with Crippen LogP contribution in [0.5, 0.6) is 0 Å². The zero-order chi connectivity index (χ0) is 17.1. The van der Waals surface area contributed by atoms with Gasteiger partial charge in [-0.15, -0.1) is 0 Å². The second-order valence-corrected chi connectivity index (χ2v) is 7.00. The fraction of sp³-hybridized carbons (Fsp3) is 0.182. The van der Waals surface area contributed by atoms with Crippen LogP contribution in [0.3, 0.4) is 0 Å². The van der Waals surface area contributed by atoms with Crippen molar-refractivity contribution in [3.05, 3.63) is 89.0 Å². The Balaban J connectivity index is 2.06. The lowest BCUT2D eigenvalue weighted by Gasteiger charge is -2.26. The van der Waals surface area contributed by atoms with Gasteiger partial charge in [0.1, 0.15) is 0 Å². The summed E-state index contributed by atoms with van der Waals surface area (Å²) in [6.45, 7) is 9.59. The quantitative estimate of drug-likeness (QED) is 0.837. The van der Waals surface area contributed by atoms with Crippen LogP contribution in [0.4, 0.5) is 0 Å². The number of benzene rings is 2. The average Bonchev–Trinajstić information content (AvgIpc) is 2.98. The summed E-state index contributed by atoms with van der Waals surface area (Å²) in [6, 6.07) is 12.2. The highest BCUT2D eigenvalue weighted by atomic mass is 16.3. The first-order valence-corrected chi connectivity index (χ1v) is 8.13. The van der Waals surface area contributed by atoms with Crippen molar-refractivity contribution in [1.29, 1.82) is 0 Å². The van der Waals surface area contributed by atoms with Crippen LogP contribution < -0.4 is 0 Å². The van der Waals surface area contributed by atoms with E-state index >= 15 is 0 Å². The van der Waals surface area contributed by atoms with E-state index in [9.17, 15) is 5.11 Å². The first kappa shape index (κ1) is 15.0. The topological polar surface area (TPSA) is 43.1 Å². The highest BCUT2D eigenvalue weighted by Crippen LogP contribution is 2.57. The van der Waals surface area contributed by atoms with Gasteiger partial charge >= 0.3 is 0 Å². The van der Waals surface area contributed by atoms with E-state index in [0.717, 1.165) is 33.4 Å². The van der Waals surface area contributed by atoms with Crippen LogP contribution in [0.15, 0.2) is 55.6 Å². The van der Waals surface area contributed by atoms with Crippen LogP contribution in [0.2, 0.25) is 0 Å². The third-order valence-electron chi connectivity index (χ3n) is 5.40. The summed E-state index contributed by atoms with van der Waals surface area (Å²) in [5.74, 6) is 0.522. The van der Waals surface area contributed by atoms with E-state index in [4.69, 9.17) is 5.11 Å². The molecule has 120 valence electrons. The molecule has 4 rings (SSSR count). The predicted octanol–water partition coefficient (Wildman–Crippen LogP) is 3.95. The van der Waals surface area contributed by atoms with E-state index < -0.39 is 11.0 Å². The molecule has 2 aromatic carbocycles. The standard InChI is InChI=1S/C22H20O2/c1-4-14-6-8-16-18(10-14)22(12-20(16)23)13-21(3,24)17-9-7-15(5-2)11-19(17)22/h4-12,23-24H,1-2,13H2,3H3/p+1. The number of fused-ring (bicyclic) bond motifs is 4. The van der Waals surface area contributed by atoms with Gasteiger partial charge in [-0.05, 0) is 53.3 Å². The molecular weight excluding hydrogens is 296 g/mol. The van der Waals surface area contributed by atoms with E-state index in [0.29, 0.717) is 12.2 Å². The molecule has 0 aromatic heterocycles. The van der Waals surface area contributed by atoms with Gasteiger partial charge in [-0.25, -0.2) is 0 Å². The molecule has 2 aliphatic rings. The minimum Gasteiger partial charge on any atom is -0.593 e. The number of rotatable bonds is 2. The molecule has 2 atom stereocenters. The lowest BCUT2D eigenvalue weighted by atomic mass is 9.76. The predicted molar refractivity (Wildman–Crippen MR) is 99.6 cm³/mol. The van der Waals surface area contributed by atoms with E-state index in [1.807, 2.05) is 49.4 Å². The molecule has 2 nitrogen and oxygen atoms in total. The second kappa shape index (κ2) is 4.71. The zero-order valence-electron chi connectivity index (χ0n) is 13.8. The van der Waals surface area contributed by atoms with Gasteiger partial charge in [0.2, 0.25) is 0 Å². The summed E-state index contributed by atoms with van der Waals surface area (Å²) in [4.78, 5) is 0. The first-order chi connectivity index (χ1) is 11.4. The molecule has 0 bridgehead atoms. The maximum atomic E-state index is 11.0. The van der Waals surface area contributed by atoms with Crippen molar-refractivity contribution in [3.63, 3.8) is 0 Å². The molecule has 1 spiro atoms. The third-order valence-corrected chi connectivity index (χ3v) is 5.40. The molecule has 2 aliphatic carbocycles. The van der Waals surface area contributed by atoms with Gasteiger partial charge in [0.05, 0.1) is 16.6 Å². The lowest BCUT2D eigenvalue weighted by molar-refractivity contribution is 0.0508. The normalized spacial score (nSPS) is 26.8. The Morgan fingerprint density at radius 2 is 1.62 bits per heavy atom. The Labute approximate surface area is 142 Å². The van der Waals surface area contributed by atoms with Crippen LogP contribution in [-0.4, -0.2) is 10.2 Å². The van der Waals surface area contributed by atoms with Gasteiger partial charge in [0, 0.05) is 6.08 Å². The van der Waals surface area contributed by atoms with E-state index in [1.54, 1.807) is 0 Å². The smallest absolute Gasteiger partial charge is 0.258 e. The molecule has 0 radical (unpaired) electrons. The first-order valence-electron chi connectivity index (χ1n) is 8.13. The number of aliphatic hydroxyl groups is 1. The molecule has 0 heterocycles. The number of allylic oxidation sites excluding steroid dienone is 1. The maximum absolute atomic E-state index is 11.0. The molecule has 0 aliphatic heterocycles. The fourth-order valence-electron chi connectivity index (χ4n) is 4.32. The largest absolute Gasteiger partial charge is 0.593 e. The Morgan fingerprint density at radius 1 is 1.00 bits per heavy atom. The summed E-state index contributed by atoms with van der Waals surface area (Å²) in [5, 5.41) is 19.5. The highest BCUT2D eigenvalue weighted by Gasteiger charge is 2.53. The van der Waals surface area contributed by atoms with Gasteiger partial charge in [-0.2, -0.15) is 0 Å². The van der Waals surface area contributed by atoms with E-state index in [1.165, 1.54) is 0 Å². The maximum Gasteiger partial charge on any atom is 0.258 e. The third kappa shape index (κ3) is 1.80. The average molecular weight is 317 g/mol. The molecular formula is C22H21O2+. The van der Waals surface area contributed by atoms with Crippen molar-refractivity contribution in [1.82, 2.24) is 0 Å². The summed E-state index contributed by atoms with van der Waals surface area (Å²) >= 11 is 0. The van der Waals surface area contributed by atoms with Crippen molar-refractivity contribution in [3.8, 4) is 0 Å². The van der Waals surface area contributed by atoms with Crippen molar-refractivity contribution in [2.45, 2.75) is 24.4 Å². The molecule has 24 heavy (non-hydrogen) atoms. The Bertz CT molecular complexity index is 918. The Kier molecular flexibility index (Phi) is 2.94. The zero-order valence-corrected chi connectivity index (χ0v) is 13.8. The molecule has 3 N–H and O–H groups in total. The second-order valence-electron chi connectivity index (χ2n) is 7.00. The molecule has 0 saturated carbocycles. The van der Waals surface area contributed by atoms with Crippen molar-refractivity contribution >= 4 is 17.9 Å². The van der Waals surface area contributed by atoms with Gasteiger partial charge in [0.25, 0.3) is 5.76 Å². The molecule has 2 heteroatoms. The molecule has 2 unspecified atom stereocenters. The Morgan fingerprint density at radius 3 is 2.29 bits per heavy atom. The van der Waals surface area contributed by atoms with Crippen LogP contribution in [0, 0.1) is 0 Å². The van der Waals surface area contributed by atoms with Crippen LogP contribution in [0.1, 0.15) is 46.7 Å². The number of hydrogen-bond donors (Lipinski definition) is 1. The molecule has 0 fully saturated rings. The van der Waals surface area contributed by atoms with Crippen LogP contribution in [-0.2, 0) is 11.0 Å². The van der Waals surface area contributed by atoms with Crippen molar-refractivity contribution in [2.24, 2.45) is 0 Å². The summed E-state index contributed by atoms with van der Waals surface area (Å²) in [7, 11) is 0. The monoisotopic (exact) mass is 317 g/mol. The minimum absolute atomic E-state index is 0.455. The molecule has 2 aromatic rings. The fourth-order valence-corrected chi connectivity index (χ4v) is 4.32. The molecule has 0 saturated heterocycles. The summed E-state index contributed by atoms with van der Waals surface area (Å²) < 4.78 is 0. The van der Waals surface area contributed by atoms with Gasteiger partial charge in [-0.3, -0.25) is 0 Å². The highest BCUT2D eigenvalue weighted by molar-refractivity contribution is 5.78. The summed E-state index contributed by atoms with van der Waals surface area (Å²) in [5.41, 5.74) is 4.73. The Hall–Kier alpha value is -2.58. The lowest BCUT2D eigenvalue weighted by Crippen LogP contribution is -2.25. The summed E-state index contributed by atoms with van der Waals surface area (Å²) in [6.07, 6.45) is 6.19. The molecule has 0 amide bonds. The number of hydrogen-bond acceptors (Lipinski definition) is 1. The van der Waals surface area contributed by atoms with Crippen molar-refractivity contribution in [2.75, 3.05) is 0 Å². The van der Waals surface area contributed by atoms with E-state index in [-0.39, 0.29) is 0 Å². The van der Waals surface area contributed by atoms with E-state index in [2.05, 4.69) is 25.3 Å². The van der Waals surface area contributed by atoms with Crippen LogP contribution >= 0.6 is 0 Å². The van der Waals surface area contributed by atoms with Crippen molar-refractivity contribution < 1.29 is 10.2 Å². The van der Waals surface area contributed by atoms with Gasteiger partial charge < -0.3 is 10.2 Å². The van der Waals surface area contributed by atoms with Gasteiger partial charge in [-0.1, -0.05) is 49.6 Å². The van der Waals surface area contributed by atoms with Crippen LogP contribution in [0.25, 0.3) is 17.9 Å². The minimum atomic E-state index is -0.919.